The maximum absolute atomic E-state index is 13.8. The van der Waals surface area contributed by atoms with Crippen molar-refractivity contribution in [2.45, 2.75) is 19.4 Å². The normalized spacial score (nSPS) is 13.5. The summed E-state index contributed by atoms with van der Waals surface area (Å²) >= 11 is 0. The Hall–Kier alpha value is -3.15. The van der Waals surface area contributed by atoms with E-state index in [1.807, 2.05) is 12.1 Å². The summed E-state index contributed by atoms with van der Waals surface area (Å²) in [6.07, 6.45) is 0.721. The van der Waals surface area contributed by atoms with Crippen LogP contribution < -0.4 is 0 Å². The van der Waals surface area contributed by atoms with Gasteiger partial charge in [0.05, 0.1) is 31.2 Å². The topological polar surface area (TPSA) is 62.4 Å². The molecule has 0 saturated carbocycles. The number of halogens is 1. The van der Waals surface area contributed by atoms with Crippen molar-refractivity contribution in [3.63, 3.8) is 0 Å². The molecule has 0 unspecified atom stereocenters. The predicted octanol–water partition coefficient (Wildman–Crippen LogP) is 3.22. The van der Waals surface area contributed by atoms with Crippen LogP contribution in [0.2, 0.25) is 0 Å². The fraction of sp³-hybridized carbons (Fsp3) is 0.238. The zero-order valence-corrected chi connectivity index (χ0v) is 14.9. The van der Waals surface area contributed by atoms with Crippen molar-refractivity contribution < 1.29 is 18.7 Å². The van der Waals surface area contributed by atoms with Gasteiger partial charge in [-0.3, -0.25) is 4.79 Å². The zero-order valence-electron chi connectivity index (χ0n) is 14.9. The smallest absolute Gasteiger partial charge is 0.339 e. The van der Waals surface area contributed by atoms with Crippen LogP contribution in [0.25, 0.3) is 10.9 Å². The van der Waals surface area contributed by atoms with Crippen molar-refractivity contribution in [2.24, 2.45) is 0 Å². The number of amides is 1. The molecule has 1 N–H and O–H groups in total. The molecule has 0 radical (unpaired) electrons. The molecule has 138 valence electrons. The van der Waals surface area contributed by atoms with E-state index in [1.165, 1.54) is 13.2 Å². The highest BCUT2D eigenvalue weighted by Gasteiger charge is 2.26. The van der Waals surface area contributed by atoms with Gasteiger partial charge in [0.1, 0.15) is 5.82 Å². The van der Waals surface area contributed by atoms with Crippen LogP contribution in [-0.4, -0.2) is 35.4 Å². The number of aromatic nitrogens is 1. The molecule has 0 atom stereocenters. The summed E-state index contributed by atoms with van der Waals surface area (Å²) in [6.45, 7) is 0.980. The minimum absolute atomic E-state index is 0.0373. The number of para-hydroxylation sites is 1. The number of hydrogen-bond donors (Lipinski definition) is 1. The molecule has 1 aromatic heterocycles. The Morgan fingerprint density at radius 1 is 1.19 bits per heavy atom. The van der Waals surface area contributed by atoms with Crippen molar-refractivity contribution >= 4 is 22.8 Å². The largest absolute Gasteiger partial charge is 0.465 e. The number of nitrogens with zero attached hydrogens (tertiary/aromatic N) is 1. The molecule has 1 amide bonds. The number of carbonyl (C=O) groups excluding carboxylic acids is 2. The number of benzene rings is 2. The lowest BCUT2D eigenvalue weighted by molar-refractivity contribution is -0.131. The van der Waals surface area contributed by atoms with Gasteiger partial charge in [0.2, 0.25) is 5.91 Å². The number of nitrogens with one attached hydrogen (secondary N) is 1. The van der Waals surface area contributed by atoms with Crippen molar-refractivity contribution in [3.05, 3.63) is 70.7 Å². The molecule has 5 nitrogen and oxygen atoms in total. The Labute approximate surface area is 155 Å². The predicted molar refractivity (Wildman–Crippen MR) is 98.9 cm³/mol. The standard InChI is InChI=1S/C21H19FN2O3/c1-27-21(26)16-7-4-6-15-14-9-10-24(12-18(14)23-20(15)16)19(25)11-13-5-2-3-8-17(13)22/h2-8,23H,9-12H2,1H3. The Kier molecular flexibility index (Phi) is 4.39. The molecular weight excluding hydrogens is 347 g/mol. The number of H-pyrrole nitrogens is 1. The lowest BCUT2D eigenvalue weighted by Crippen LogP contribution is -2.37. The van der Waals surface area contributed by atoms with Gasteiger partial charge < -0.3 is 14.6 Å². The van der Waals surface area contributed by atoms with E-state index in [-0.39, 0.29) is 18.1 Å². The Morgan fingerprint density at radius 2 is 2.00 bits per heavy atom. The van der Waals surface area contributed by atoms with Gasteiger partial charge in [-0.2, -0.15) is 0 Å². The van der Waals surface area contributed by atoms with Crippen molar-refractivity contribution in [1.29, 1.82) is 0 Å². The minimum atomic E-state index is -0.397. The van der Waals surface area contributed by atoms with Crippen LogP contribution in [0, 0.1) is 5.82 Å². The molecule has 1 aliphatic rings. The Balaban J connectivity index is 1.61. The summed E-state index contributed by atoms with van der Waals surface area (Å²) in [5, 5.41) is 0.981. The average molecular weight is 366 g/mol. The summed E-state index contributed by atoms with van der Waals surface area (Å²) in [5.74, 6) is -0.874. The number of ether oxygens (including phenoxy) is 1. The number of aromatic amines is 1. The van der Waals surface area contributed by atoms with Crippen molar-refractivity contribution in [2.75, 3.05) is 13.7 Å². The minimum Gasteiger partial charge on any atom is -0.465 e. The van der Waals surface area contributed by atoms with Crippen LogP contribution in [0.1, 0.15) is 27.2 Å². The molecule has 0 fully saturated rings. The molecule has 4 rings (SSSR count). The Bertz CT molecular complexity index is 1040. The van der Waals surface area contributed by atoms with Gasteiger partial charge in [0, 0.05) is 17.6 Å². The maximum Gasteiger partial charge on any atom is 0.339 e. The van der Waals surface area contributed by atoms with Crippen LogP contribution in [0.3, 0.4) is 0 Å². The van der Waals surface area contributed by atoms with Crippen molar-refractivity contribution in [1.82, 2.24) is 9.88 Å². The third kappa shape index (κ3) is 3.07. The van der Waals surface area contributed by atoms with Gasteiger partial charge >= 0.3 is 5.97 Å². The van der Waals surface area contributed by atoms with Crippen LogP contribution in [0.4, 0.5) is 4.39 Å². The lowest BCUT2D eigenvalue weighted by atomic mass is 10.0. The first-order valence-electron chi connectivity index (χ1n) is 8.80. The molecule has 1 aliphatic heterocycles. The first-order valence-corrected chi connectivity index (χ1v) is 8.80. The van der Waals surface area contributed by atoms with Gasteiger partial charge in [-0.05, 0) is 29.7 Å². The number of esters is 1. The second-order valence-corrected chi connectivity index (χ2v) is 6.64. The lowest BCUT2D eigenvalue weighted by Gasteiger charge is -2.27. The van der Waals surface area contributed by atoms with E-state index in [0.29, 0.717) is 30.6 Å². The Morgan fingerprint density at radius 3 is 2.78 bits per heavy atom. The third-order valence-corrected chi connectivity index (χ3v) is 5.07. The highest BCUT2D eigenvalue weighted by molar-refractivity contribution is 6.04. The molecule has 27 heavy (non-hydrogen) atoms. The monoisotopic (exact) mass is 366 g/mol. The molecule has 0 bridgehead atoms. The highest BCUT2D eigenvalue weighted by Crippen LogP contribution is 2.30. The molecule has 2 aromatic carbocycles. The SMILES string of the molecule is COC(=O)c1cccc2c3c([nH]c12)CN(C(=O)Cc1ccccc1F)CC3. The fourth-order valence-electron chi connectivity index (χ4n) is 3.67. The number of carbonyl (C=O) groups is 2. The molecule has 3 aromatic rings. The van der Waals surface area contributed by atoms with Crippen LogP contribution >= 0.6 is 0 Å². The van der Waals surface area contributed by atoms with Gasteiger partial charge in [0.25, 0.3) is 0 Å². The summed E-state index contributed by atoms with van der Waals surface area (Å²) in [7, 11) is 1.35. The van der Waals surface area contributed by atoms with E-state index in [4.69, 9.17) is 4.74 Å². The molecule has 6 heteroatoms. The number of rotatable bonds is 3. The average Bonchev–Trinajstić information content (AvgIpc) is 3.07. The molecular formula is C21H19FN2O3. The maximum atomic E-state index is 13.8. The van der Waals surface area contributed by atoms with Gasteiger partial charge in [-0.15, -0.1) is 0 Å². The fourth-order valence-corrected chi connectivity index (χ4v) is 3.67. The second-order valence-electron chi connectivity index (χ2n) is 6.64. The number of hydrogen-bond acceptors (Lipinski definition) is 3. The molecule has 2 heterocycles. The highest BCUT2D eigenvalue weighted by atomic mass is 19.1. The summed E-state index contributed by atoms with van der Waals surface area (Å²) < 4.78 is 18.7. The summed E-state index contributed by atoms with van der Waals surface area (Å²) in [6, 6.07) is 11.9. The third-order valence-electron chi connectivity index (χ3n) is 5.07. The van der Waals surface area contributed by atoms with E-state index in [0.717, 1.165) is 22.2 Å². The van der Waals surface area contributed by atoms with E-state index in [2.05, 4.69) is 4.98 Å². The van der Waals surface area contributed by atoms with Crippen LogP contribution in [0.15, 0.2) is 42.5 Å². The molecule has 0 saturated heterocycles. The number of methoxy groups -OCH3 is 1. The van der Waals surface area contributed by atoms with E-state index in [9.17, 15) is 14.0 Å². The molecule has 0 aliphatic carbocycles. The second kappa shape index (κ2) is 6.87. The first-order chi connectivity index (χ1) is 13.1. The van der Waals surface area contributed by atoms with Crippen LogP contribution in [0.5, 0.6) is 0 Å². The zero-order chi connectivity index (χ0) is 19.0. The summed E-state index contributed by atoms with van der Waals surface area (Å²) in [5.41, 5.74) is 3.64. The summed E-state index contributed by atoms with van der Waals surface area (Å²) in [4.78, 5) is 29.7. The number of fused-ring (bicyclic) bond motifs is 3. The van der Waals surface area contributed by atoms with Crippen LogP contribution in [-0.2, 0) is 28.9 Å². The van der Waals surface area contributed by atoms with Gasteiger partial charge in [-0.25, -0.2) is 9.18 Å². The van der Waals surface area contributed by atoms with Crippen molar-refractivity contribution in [3.8, 4) is 0 Å². The van der Waals surface area contributed by atoms with E-state index in [1.54, 1.807) is 29.2 Å². The van der Waals surface area contributed by atoms with Gasteiger partial charge in [0.15, 0.2) is 0 Å². The van der Waals surface area contributed by atoms with E-state index >= 15 is 0 Å². The van der Waals surface area contributed by atoms with Gasteiger partial charge in [-0.1, -0.05) is 30.3 Å². The molecule has 0 spiro atoms. The first kappa shape index (κ1) is 17.3. The quantitative estimate of drug-likeness (QED) is 0.724. The van der Waals surface area contributed by atoms with E-state index < -0.39 is 5.97 Å².